The van der Waals surface area contributed by atoms with Crippen LogP contribution in [0.3, 0.4) is 0 Å². The van der Waals surface area contributed by atoms with E-state index in [9.17, 15) is 9.90 Å². The van der Waals surface area contributed by atoms with E-state index in [0.29, 0.717) is 0 Å². The Labute approximate surface area is 181 Å². The first-order chi connectivity index (χ1) is 10.7. The van der Waals surface area contributed by atoms with Crippen LogP contribution in [0.25, 0.3) is 0 Å². The van der Waals surface area contributed by atoms with Crippen molar-refractivity contribution in [3.63, 3.8) is 0 Å². The topological polar surface area (TPSA) is 98.0 Å². The van der Waals surface area contributed by atoms with Crippen molar-refractivity contribution >= 4 is 5.78 Å². The number of ketones is 1. The summed E-state index contributed by atoms with van der Waals surface area (Å²) in [7, 11) is 0. The van der Waals surface area contributed by atoms with Gasteiger partial charge in [-0.05, 0) is 41.5 Å². The molecular weight excluding hydrogens is 411 g/mol. The molecule has 0 bridgehead atoms. The van der Waals surface area contributed by atoms with Gasteiger partial charge in [-0.1, -0.05) is 41.5 Å². The minimum Gasteiger partial charge on any atom is -0.512 e. The third-order valence-electron chi connectivity index (χ3n) is 1.78. The van der Waals surface area contributed by atoms with Crippen LogP contribution in [-0.2, 0) is 31.0 Å². The number of allylic oxidation sites excluding steroid dienone is 2. The Bertz CT molecular complexity index is 326. The fourth-order valence-electron chi connectivity index (χ4n) is 0.557. The zero-order chi connectivity index (χ0) is 21.6. The van der Waals surface area contributed by atoms with E-state index >= 15 is 0 Å². The summed E-state index contributed by atoms with van der Waals surface area (Å²) in [5.41, 5.74) is -0.764. The molecule has 0 aliphatic rings. The van der Waals surface area contributed by atoms with E-state index in [2.05, 4.69) is 0 Å². The molecule has 0 aliphatic carbocycles. The third kappa shape index (κ3) is 49.6. The van der Waals surface area contributed by atoms with E-state index in [1.165, 1.54) is 6.08 Å². The molecule has 0 heterocycles. The van der Waals surface area contributed by atoms with E-state index in [1.807, 2.05) is 41.5 Å². The van der Waals surface area contributed by atoms with Crippen molar-refractivity contribution in [3.8, 4) is 0 Å². The Balaban J connectivity index is -0.0000000933. The number of carbonyl (C=O) groups is 1. The van der Waals surface area contributed by atoms with E-state index in [1.54, 1.807) is 41.5 Å². The average molecular weight is 456 g/mol. The maximum atomic E-state index is 11.5. The molecule has 158 valence electrons. The number of hydrogen-bond acceptors (Lipinski definition) is 5. The van der Waals surface area contributed by atoms with Crippen LogP contribution >= 0.6 is 0 Å². The van der Waals surface area contributed by atoms with E-state index < -0.39 is 5.41 Å². The number of aliphatic hydroxyl groups is 4. The molecule has 5 nitrogen and oxygen atoms in total. The fraction of sp³-hybridized carbons (Fsp3) is 0.850. The summed E-state index contributed by atoms with van der Waals surface area (Å²) in [6.45, 7) is 21.4. The molecule has 0 aromatic rings. The predicted molar refractivity (Wildman–Crippen MR) is 107 cm³/mol. The molecule has 0 aromatic carbocycles. The van der Waals surface area contributed by atoms with Crippen LogP contribution in [0.4, 0.5) is 0 Å². The number of carbonyl (C=O) groups excluding carboxylic acids is 1. The summed E-state index contributed by atoms with van der Waals surface area (Å²) >= 11 is 0. The Morgan fingerprint density at radius 3 is 1.00 bits per heavy atom. The van der Waals surface area contributed by atoms with E-state index in [4.69, 9.17) is 15.3 Å². The molecule has 0 unspecified atom stereocenters. The van der Waals surface area contributed by atoms with Gasteiger partial charge >= 0.3 is 0 Å². The quantitative estimate of drug-likeness (QED) is 0.350. The van der Waals surface area contributed by atoms with Gasteiger partial charge in [0, 0.05) is 61.4 Å². The van der Waals surface area contributed by atoms with E-state index in [-0.39, 0.29) is 61.5 Å². The zero-order valence-corrected chi connectivity index (χ0v) is 21.5. The molecule has 0 amide bonds. The van der Waals surface area contributed by atoms with Gasteiger partial charge in [0.1, 0.15) is 5.76 Å². The first-order valence-electron chi connectivity index (χ1n) is 8.74. The van der Waals surface area contributed by atoms with Gasteiger partial charge in [0.05, 0.1) is 0 Å². The summed E-state index contributed by atoms with van der Waals surface area (Å²) in [6.07, 6.45) is 0.833. The van der Waals surface area contributed by atoms with Crippen molar-refractivity contribution in [2.24, 2.45) is 10.8 Å². The van der Waals surface area contributed by atoms with Crippen molar-refractivity contribution in [2.45, 2.75) is 101 Å². The van der Waals surface area contributed by atoms with Gasteiger partial charge < -0.3 is 20.4 Å². The third-order valence-corrected chi connectivity index (χ3v) is 1.78. The van der Waals surface area contributed by atoms with Gasteiger partial charge in [0.25, 0.3) is 0 Å². The minimum absolute atomic E-state index is 0. The summed E-state index contributed by atoms with van der Waals surface area (Å²) in [4.78, 5) is 11.5. The van der Waals surface area contributed by atoms with E-state index in [0.717, 1.165) is 0 Å². The van der Waals surface area contributed by atoms with Gasteiger partial charge in [0.2, 0.25) is 0 Å². The monoisotopic (exact) mass is 454 g/mol. The van der Waals surface area contributed by atoms with Crippen molar-refractivity contribution < 1.29 is 51.4 Å². The van der Waals surface area contributed by atoms with Crippen LogP contribution in [0, 0.1) is 10.8 Å². The second kappa shape index (κ2) is 18.3. The zero-order valence-electron chi connectivity index (χ0n) is 19.0. The molecule has 6 heteroatoms. The molecule has 0 fully saturated rings. The molecule has 0 saturated carbocycles. The maximum absolute atomic E-state index is 11.5. The molecule has 0 aliphatic heterocycles. The second-order valence-corrected chi connectivity index (χ2v) is 8.68. The minimum atomic E-state index is -0.417. The summed E-state index contributed by atoms with van der Waals surface area (Å²) < 4.78 is 0. The molecule has 0 rings (SSSR count). The fourth-order valence-corrected chi connectivity index (χ4v) is 0.557. The Morgan fingerprint density at radius 2 is 0.885 bits per heavy atom. The van der Waals surface area contributed by atoms with Crippen LogP contribution in [0.15, 0.2) is 11.8 Å². The summed E-state index contributed by atoms with van der Waals surface area (Å²) in [5.74, 6) is 0.104. The second-order valence-electron chi connectivity index (χ2n) is 8.68. The molecule has 0 spiro atoms. The van der Waals surface area contributed by atoms with Gasteiger partial charge in [-0.2, -0.15) is 0 Å². The number of aliphatic hydroxyl groups excluding tert-OH is 4. The smallest absolute Gasteiger partial charge is 0.164 e. The molecule has 0 aromatic heterocycles. The molecule has 0 saturated heterocycles. The van der Waals surface area contributed by atoms with Gasteiger partial charge in [-0.25, -0.2) is 0 Å². The summed E-state index contributed by atoms with van der Waals surface area (Å²) in [5, 5.41) is 33.7. The van der Waals surface area contributed by atoms with Crippen LogP contribution in [-0.4, -0.2) is 44.5 Å². The molecule has 0 atom stereocenters. The van der Waals surface area contributed by atoms with Crippen LogP contribution in [0.5, 0.6) is 0 Å². The SMILES string of the molecule is CC(C)(C)C(=O)/C=C(\O)C(C)(C)C.CC(C)O.CC(C)O.CC(C)O.[Zr]. The normalized spacial score (nSPS) is 11.4. The molecule has 26 heavy (non-hydrogen) atoms. The number of hydrogen-bond donors (Lipinski definition) is 4. The standard InChI is InChI=1S/C11H20O2.3C3H8O.Zr/c1-10(2,3)8(12)7-9(13)11(4,5)6;3*1-3(2)4;/h7,12H,1-6H3;3*3-4H,1-2H3;/b8-7-;;;;. The van der Waals surface area contributed by atoms with Crippen LogP contribution in [0.2, 0.25) is 0 Å². The number of rotatable bonds is 1. The van der Waals surface area contributed by atoms with Crippen molar-refractivity contribution in [2.75, 3.05) is 0 Å². The Morgan fingerprint density at radius 1 is 0.692 bits per heavy atom. The molecular formula is C20H44O5Zr. The van der Waals surface area contributed by atoms with Crippen LogP contribution < -0.4 is 0 Å². The van der Waals surface area contributed by atoms with Gasteiger partial charge in [-0.15, -0.1) is 0 Å². The largest absolute Gasteiger partial charge is 0.512 e. The Kier molecular flexibility index (Phi) is 26.0. The summed E-state index contributed by atoms with van der Waals surface area (Å²) in [6, 6.07) is 0. The van der Waals surface area contributed by atoms with Crippen molar-refractivity contribution in [1.82, 2.24) is 0 Å². The van der Waals surface area contributed by atoms with Crippen molar-refractivity contribution in [1.29, 1.82) is 0 Å². The first-order valence-corrected chi connectivity index (χ1v) is 8.74. The average Bonchev–Trinajstić information content (AvgIpc) is 2.23. The predicted octanol–water partition coefficient (Wildman–Crippen LogP) is 4.25. The van der Waals surface area contributed by atoms with Crippen LogP contribution in [0.1, 0.15) is 83.1 Å². The van der Waals surface area contributed by atoms with Gasteiger partial charge in [0.15, 0.2) is 5.78 Å². The maximum Gasteiger partial charge on any atom is 0.164 e. The van der Waals surface area contributed by atoms with Gasteiger partial charge in [-0.3, -0.25) is 4.79 Å². The molecule has 4 N–H and O–H groups in total. The first kappa shape index (κ1) is 36.8. The molecule has 0 radical (unpaired) electrons. The Hall–Kier alpha value is -0.0269. The van der Waals surface area contributed by atoms with Crippen molar-refractivity contribution in [3.05, 3.63) is 11.8 Å².